The fourth-order valence-electron chi connectivity index (χ4n) is 9.06. The SMILES string of the molecule is CC1(c2ccccc2)c2ccccc2-c2cccc(-c3cc(-c4cccc(-c5ccccc5-c5ccc6oc7ccccc7c6c5)c4)nc(-c4ccccc4)n3)c21. The highest BCUT2D eigenvalue weighted by Crippen LogP contribution is 2.55. The highest BCUT2D eigenvalue weighted by Gasteiger charge is 2.42. The summed E-state index contributed by atoms with van der Waals surface area (Å²) in [6.45, 7) is 2.37. The van der Waals surface area contributed by atoms with E-state index < -0.39 is 0 Å². The molecule has 0 saturated carbocycles. The van der Waals surface area contributed by atoms with Crippen molar-refractivity contribution < 1.29 is 4.42 Å². The van der Waals surface area contributed by atoms with Crippen LogP contribution in [0.2, 0.25) is 0 Å². The largest absolute Gasteiger partial charge is 0.456 e. The second-order valence-electron chi connectivity index (χ2n) is 15.0. The molecule has 1 aliphatic carbocycles. The number of nitrogens with zero attached hydrogens (tertiary/aromatic N) is 2. The second kappa shape index (κ2) is 13.1. The molecule has 2 heterocycles. The number of hydrogen-bond acceptors (Lipinski definition) is 3. The maximum absolute atomic E-state index is 6.17. The smallest absolute Gasteiger partial charge is 0.160 e. The highest BCUT2D eigenvalue weighted by atomic mass is 16.3. The van der Waals surface area contributed by atoms with Crippen LogP contribution in [0.15, 0.2) is 205 Å². The summed E-state index contributed by atoms with van der Waals surface area (Å²) in [5.41, 5.74) is 17.2. The molecule has 3 heteroatoms. The van der Waals surface area contributed by atoms with E-state index in [4.69, 9.17) is 14.4 Å². The van der Waals surface area contributed by atoms with Crippen molar-refractivity contribution in [2.45, 2.75) is 12.3 Å². The molecule has 8 aromatic carbocycles. The molecule has 11 rings (SSSR count). The quantitative estimate of drug-likeness (QED) is 0.171. The van der Waals surface area contributed by atoms with Crippen molar-refractivity contribution in [2.75, 3.05) is 0 Å². The zero-order chi connectivity index (χ0) is 37.9. The summed E-state index contributed by atoms with van der Waals surface area (Å²) in [4.78, 5) is 10.6. The first-order chi connectivity index (χ1) is 28.1. The molecule has 0 saturated heterocycles. The van der Waals surface area contributed by atoms with Gasteiger partial charge in [-0.3, -0.25) is 0 Å². The maximum atomic E-state index is 6.17. The standard InChI is InChI=1S/C54H36N2O/c1-54(39-20-6-3-7-21-39)47-28-12-10-24-42(47)44-26-15-27-45(52(44)54)49-34-48(55-53(56-49)35-16-4-2-5-17-35)38-19-14-18-36(32-38)40-22-8-9-23-41(40)37-30-31-51-46(33-37)43-25-11-13-29-50(43)57-51/h2-34H,1H3. The summed E-state index contributed by atoms with van der Waals surface area (Å²) in [6, 6.07) is 71.1. The van der Waals surface area contributed by atoms with Gasteiger partial charge in [-0.1, -0.05) is 170 Å². The van der Waals surface area contributed by atoms with E-state index in [-0.39, 0.29) is 5.41 Å². The van der Waals surface area contributed by atoms with Gasteiger partial charge in [-0.2, -0.15) is 0 Å². The highest BCUT2D eigenvalue weighted by molar-refractivity contribution is 6.06. The molecule has 0 bridgehead atoms. The van der Waals surface area contributed by atoms with Crippen molar-refractivity contribution >= 4 is 21.9 Å². The zero-order valence-corrected chi connectivity index (χ0v) is 31.4. The third-order valence-corrected chi connectivity index (χ3v) is 11.8. The van der Waals surface area contributed by atoms with Crippen LogP contribution in [-0.4, -0.2) is 9.97 Å². The normalized spacial score (nSPS) is 14.5. The van der Waals surface area contributed by atoms with Crippen molar-refractivity contribution in [3.63, 3.8) is 0 Å². The van der Waals surface area contributed by atoms with Crippen LogP contribution in [0, 0.1) is 0 Å². The summed E-state index contributed by atoms with van der Waals surface area (Å²) >= 11 is 0. The van der Waals surface area contributed by atoms with Gasteiger partial charge in [-0.05, 0) is 87.3 Å². The maximum Gasteiger partial charge on any atom is 0.160 e. The summed E-state index contributed by atoms with van der Waals surface area (Å²) in [5.74, 6) is 0.698. The molecule has 0 fully saturated rings. The molecule has 10 aromatic rings. The van der Waals surface area contributed by atoms with Gasteiger partial charge in [0, 0.05) is 32.9 Å². The van der Waals surface area contributed by atoms with E-state index in [1.165, 1.54) is 27.8 Å². The summed E-state index contributed by atoms with van der Waals surface area (Å²) in [5, 5.41) is 2.24. The Kier molecular flexibility index (Phi) is 7.61. The molecular formula is C54H36N2O. The van der Waals surface area contributed by atoms with E-state index >= 15 is 0 Å². The number of aromatic nitrogens is 2. The fourth-order valence-corrected chi connectivity index (χ4v) is 9.06. The Bertz CT molecular complexity index is 3140. The Hall–Kier alpha value is -7.36. The fraction of sp³-hybridized carbons (Fsp3) is 0.0370. The molecule has 0 amide bonds. The van der Waals surface area contributed by atoms with Crippen LogP contribution < -0.4 is 0 Å². The molecule has 1 atom stereocenters. The third kappa shape index (κ3) is 5.35. The van der Waals surface area contributed by atoms with E-state index in [1.54, 1.807) is 0 Å². The Morgan fingerprint density at radius 1 is 0.386 bits per heavy atom. The molecule has 3 nitrogen and oxygen atoms in total. The zero-order valence-electron chi connectivity index (χ0n) is 31.4. The lowest BCUT2D eigenvalue weighted by Gasteiger charge is -2.30. The van der Waals surface area contributed by atoms with Gasteiger partial charge in [0.25, 0.3) is 0 Å². The van der Waals surface area contributed by atoms with Gasteiger partial charge in [0.15, 0.2) is 5.82 Å². The van der Waals surface area contributed by atoms with Gasteiger partial charge >= 0.3 is 0 Å². The number of fused-ring (bicyclic) bond motifs is 6. The van der Waals surface area contributed by atoms with Gasteiger partial charge in [-0.25, -0.2) is 9.97 Å². The number of benzene rings is 8. The van der Waals surface area contributed by atoms with Crippen molar-refractivity contribution in [2.24, 2.45) is 0 Å². The summed E-state index contributed by atoms with van der Waals surface area (Å²) in [6.07, 6.45) is 0. The molecular weight excluding hydrogens is 693 g/mol. The van der Waals surface area contributed by atoms with Crippen molar-refractivity contribution in [1.29, 1.82) is 0 Å². The minimum atomic E-state index is -0.378. The first-order valence-electron chi connectivity index (χ1n) is 19.5. The van der Waals surface area contributed by atoms with Crippen LogP contribution in [-0.2, 0) is 5.41 Å². The first-order valence-corrected chi connectivity index (χ1v) is 19.5. The lowest BCUT2D eigenvalue weighted by Crippen LogP contribution is -2.23. The molecule has 1 unspecified atom stereocenters. The van der Waals surface area contributed by atoms with Gasteiger partial charge in [0.2, 0.25) is 0 Å². The van der Waals surface area contributed by atoms with Gasteiger partial charge in [0.1, 0.15) is 11.2 Å². The third-order valence-electron chi connectivity index (χ3n) is 11.8. The Morgan fingerprint density at radius 3 is 1.79 bits per heavy atom. The number of rotatable bonds is 6. The Balaban J connectivity index is 1.08. The monoisotopic (exact) mass is 728 g/mol. The number of hydrogen-bond donors (Lipinski definition) is 0. The molecule has 2 aromatic heterocycles. The number of para-hydroxylation sites is 1. The van der Waals surface area contributed by atoms with E-state index in [0.717, 1.165) is 72.3 Å². The van der Waals surface area contributed by atoms with E-state index in [2.05, 4.69) is 189 Å². The van der Waals surface area contributed by atoms with E-state index in [1.807, 2.05) is 18.2 Å². The number of furan rings is 1. The van der Waals surface area contributed by atoms with Gasteiger partial charge in [0.05, 0.1) is 11.4 Å². The van der Waals surface area contributed by atoms with E-state index in [9.17, 15) is 0 Å². The average Bonchev–Trinajstić information content (AvgIpc) is 3.80. The predicted octanol–water partition coefficient (Wildman–Crippen LogP) is 14.0. The van der Waals surface area contributed by atoms with Gasteiger partial charge < -0.3 is 4.42 Å². The minimum absolute atomic E-state index is 0.378. The van der Waals surface area contributed by atoms with Gasteiger partial charge in [-0.15, -0.1) is 0 Å². The first kappa shape index (κ1) is 33.0. The lowest BCUT2D eigenvalue weighted by atomic mass is 9.72. The molecule has 0 N–H and O–H groups in total. The van der Waals surface area contributed by atoms with Crippen molar-refractivity contribution in [3.05, 3.63) is 217 Å². The molecule has 0 spiro atoms. The average molecular weight is 729 g/mol. The molecule has 57 heavy (non-hydrogen) atoms. The molecule has 0 aliphatic heterocycles. The van der Waals surface area contributed by atoms with E-state index in [0.29, 0.717) is 5.82 Å². The van der Waals surface area contributed by atoms with Crippen LogP contribution >= 0.6 is 0 Å². The second-order valence-corrected chi connectivity index (χ2v) is 15.0. The van der Waals surface area contributed by atoms with Crippen LogP contribution in [0.4, 0.5) is 0 Å². The molecule has 1 aliphatic rings. The van der Waals surface area contributed by atoms with Crippen LogP contribution in [0.1, 0.15) is 23.6 Å². The topological polar surface area (TPSA) is 38.9 Å². The minimum Gasteiger partial charge on any atom is -0.456 e. The molecule has 268 valence electrons. The summed E-state index contributed by atoms with van der Waals surface area (Å²) in [7, 11) is 0. The molecule has 0 radical (unpaired) electrons. The predicted molar refractivity (Wildman–Crippen MR) is 234 cm³/mol. The Labute approximate surface area is 331 Å². The van der Waals surface area contributed by atoms with Crippen LogP contribution in [0.25, 0.3) is 89.2 Å². The lowest BCUT2D eigenvalue weighted by molar-refractivity contribution is 0.669. The van der Waals surface area contributed by atoms with Crippen molar-refractivity contribution in [3.8, 4) is 67.3 Å². The summed E-state index contributed by atoms with van der Waals surface area (Å²) < 4.78 is 6.17. The Morgan fingerprint density at radius 2 is 0.965 bits per heavy atom. The van der Waals surface area contributed by atoms with Crippen LogP contribution in [0.3, 0.4) is 0 Å². The van der Waals surface area contributed by atoms with Crippen molar-refractivity contribution in [1.82, 2.24) is 9.97 Å². The van der Waals surface area contributed by atoms with Crippen LogP contribution in [0.5, 0.6) is 0 Å².